The van der Waals surface area contributed by atoms with Gasteiger partial charge in [0.2, 0.25) is 10.0 Å². The molecular weight excluding hydrogens is 510 g/mol. The minimum Gasteiger partial charge on any atom is -0.468 e. The molecule has 1 aliphatic rings. The lowest BCUT2D eigenvalue weighted by Gasteiger charge is -2.34. The number of carbonyl (C=O) groups is 2. The van der Waals surface area contributed by atoms with Gasteiger partial charge in [0.25, 0.3) is 5.91 Å². The summed E-state index contributed by atoms with van der Waals surface area (Å²) in [6, 6.07) is 11.9. The average molecular weight is 544 g/mol. The number of sulfonamides is 1. The molecule has 0 spiro atoms. The minimum absolute atomic E-state index is 0.0759. The van der Waals surface area contributed by atoms with E-state index in [2.05, 4.69) is 32.7 Å². The number of ether oxygens (including phenoxy) is 1. The highest BCUT2D eigenvalue weighted by atomic mass is 32.2. The van der Waals surface area contributed by atoms with Gasteiger partial charge in [0, 0.05) is 18.7 Å². The Morgan fingerprint density at radius 2 is 1.73 bits per heavy atom. The normalized spacial score (nSPS) is 19.5. The molecule has 0 aliphatic carbocycles. The third-order valence-electron chi connectivity index (χ3n) is 6.66. The van der Waals surface area contributed by atoms with Crippen molar-refractivity contribution in [1.82, 2.24) is 8.87 Å². The van der Waals surface area contributed by atoms with Crippen LogP contribution in [0.4, 0.5) is 0 Å². The Morgan fingerprint density at radius 1 is 1.08 bits per heavy atom. The second-order valence-corrected chi connectivity index (χ2v) is 13.1. The molecule has 4 rings (SSSR count). The Bertz CT molecular complexity index is 1480. The first-order chi connectivity index (χ1) is 17.5. The molecule has 3 aromatic rings. The molecular formula is C27H33N3O5S2. The van der Waals surface area contributed by atoms with E-state index in [9.17, 15) is 18.0 Å². The van der Waals surface area contributed by atoms with Crippen LogP contribution in [-0.2, 0) is 26.1 Å². The number of nitrogens with zero attached hydrogens (tertiary/aromatic N) is 3. The fraction of sp³-hybridized carbons (Fsp3) is 0.444. The van der Waals surface area contributed by atoms with Gasteiger partial charge in [-0.05, 0) is 66.1 Å². The molecule has 8 nitrogen and oxygen atoms in total. The fourth-order valence-electron chi connectivity index (χ4n) is 4.75. The first-order valence-corrected chi connectivity index (χ1v) is 14.6. The predicted molar refractivity (Wildman–Crippen MR) is 144 cm³/mol. The van der Waals surface area contributed by atoms with Crippen molar-refractivity contribution in [1.29, 1.82) is 0 Å². The van der Waals surface area contributed by atoms with Gasteiger partial charge in [-0.2, -0.15) is 9.30 Å². The molecule has 1 aromatic heterocycles. The molecule has 10 heteroatoms. The molecule has 2 heterocycles. The lowest BCUT2D eigenvalue weighted by molar-refractivity contribution is -0.141. The summed E-state index contributed by atoms with van der Waals surface area (Å²) in [5.74, 6) is -0.0369. The molecule has 0 N–H and O–H groups in total. The lowest BCUT2D eigenvalue weighted by atomic mass is 9.94. The van der Waals surface area contributed by atoms with Gasteiger partial charge in [-0.25, -0.2) is 8.42 Å². The molecule has 2 unspecified atom stereocenters. The quantitative estimate of drug-likeness (QED) is 0.429. The number of esters is 1. The molecule has 2 aromatic carbocycles. The fourth-order valence-corrected chi connectivity index (χ4v) is 7.51. The molecule has 2 atom stereocenters. The van der Waals surface area contributed by atoms with Gasteiger partial charge < -0.3 is 9.30 Å². The van der Waals surface area contributed by atoms with E-state index in [-0.39, 0.29) is 17.0 Å². The van der Waals surface area contributed by atoms with Crippen molar-refractivity contribution in [2.45, 2.75) is 51.5 Å². The summed E-state index contributed by atoms with van der Waals surface area (Å²) in [6.45, 7) is 9.23. The summed E-state index contributed by atoms with van der Waals surface area (Å²) in [7, 11) is -2.33. The maximum Gasteiger partial charge on any atom is 0.325 e. The van der Waals surface area contributed by atoms with Gasteiger partial charge >= 0.3 is 5.97 Å². The molecule has 0 radical (unpaired) electrons. The van der Waals surface area contributed by atoms with Crippen molar-refractivity contribution in [3.8, 4) is 0 Å². The largest absolute Gasteiger partial charge is 0.468 e. The molecule has 1 saturated heterocycles. The van der Waals surface area contributed by atoms with Crippen LogP contribution in [0.1, 0.15) is 56.0 Å². The summed E-state index contributed by atoms with van der Waals surface area (Å²) in [6.07, 6.45) is 1.01. The van der Waals surface area contributed by atoms with E-state index < -0.39 is 21.9 Å². The average Bonchev–Trinajstić information content (AvgIpc) is 3.19. The number of rotatable bonds is 6. The zero-order chi connectivity index (χ0) is 26.9. The summed E-state index contributed by atoms with van der Waals surface area (Å²) in [4.78, 5) is 30.0. The summed E-state index contributed by atoms with van der Waals surface area (Å²) in [5, 5.41) is 0. The Hall–Kier alpha value is -2.82. The third kappa shape index (κ3) is 5.86. The summed E-state index contributed by atoms with van der Waals surface area (Å²) >= 11 is 1.32. The van der Waals surface area contributed by atoms with Crippen LogP contribution in [0.25, 0.3) is 10.2 Å². The van der Waals surface area contributed by atoms with E-state index in [1.54, 1.807) is 4.57 Å². The smallest absolute Gasteiger partial charge is 0.325 e. The van der Waals surface area contributed by atoms with Gasteiger partial charge in [0.05, 0.1) is 22.2 Å². The third-order valence-corrected chi connectivity index (χ3v) is 9.55. The lowest BCUT2D eigenvalue weighted by Crippen LogP contribution is -2.42. The van der Waals surface area contributed by atoms with E-state index in [1.807, 2.05) is 18.2 Å². The number of thiazole rings is 1. The van der Waals surface area contributed by atoms with Crippen LogP contribution in [-0.4, -0.2) is 49.4 Å². The first-order valence-electron chi connectivity index (χ1n) is 12.4. The highest BCUT2D eigenvalue weighted by Crippen LogP contribution is 2.27. The number of benzene rings is 2. The van der Waals surface area contributed by atoms with Gasteiger partial charge in [-0.1, -0.05) is 45.1 Å². The van der Waals surface area contributed by atoms with Crippen LogP contribution >= 0.6 is 11.3 Å². The zero-order valence-electron chi connectivity index (χ0n) is 21.8. The van der Waals surface area contributed by atoms with E-state index in [1.165, 1.54) is 47.0 Å². The number of methoxy groups -OCH3 is 1. The summed E-state index contributed by atoms with van der Waals surface area (Å²) < 4.78 is 35.3. The number of amides is 1. The van der Waals surface area contributed by atoms with Crippen LogP contribution in [0.2, 0.25) is 0 Å². The Balaban J connectivity index is 1.67. The highest BCUT2D eigenvalue weighted by Gasteiger charge is 2.31. The van der Waals surface area contributed by atoms with Crippen LogP contribution in [0, 0.1) is 11.8 Å². The Morgan fingerprint density at radius 3 is 2.32 bits per heavy atom. The SMILES string of the molecule is COC(=O)Cn1c(=NC(=O)c2ccc(S(=O)(=O)N3CC(C)CC(C)C3)cc2)sc2cc(C(C)C)ccc21. The summed E-state index contributed by atoms with van der Waals surface area (Å²) in [5.41, 5.74) is 2.20. The first kappa shape index (κ1) is 27.2. The van der Waals surface area contributed by atoms with Gasteiger partial charge in [0.15, 0.2) is 4.80 Å². The van der Waals surface area contributed by atoms with Crippen molar-refractivity contribution < 1.29 is 22.7 Å². The van der Waals surface area contributed by atoms with Crippen molar-refractivity contribution in [2.75, 3.05) is 20.2 Å². The Labute approximate surface area is 221 Å². The molecule has 198 valence electrons. The molecule has 0 saturated carbocycles. The van der Waals surface area contributed by atoms with Crippen molar-refractivity contribution in [2.24, 2.45) is 16.8 Å². The monoisotopic (exact) mass is 543 g/mol. The van der Waals surface area contributed by atoms with Gasteiger partial charge in [-0.3, -0.25) is 9.59 Å². The van der Waals surface area contributed by atoms with Crippen LogP contribution in [0.15, 0.2) is 52.4 Å². The number of aromatic nitrogens is 1. The second-order valence-electron chi connectivity index (χ2n) is 10.1. The second kappa shape index (κ2) is 10.9. The van der Waals surface area contributed by atoms with Crippen LogP contribution < -0.4 is 4.80 Å². The molecule has 1 aliphatic heterocycles. The van der Waals surface area contributed by atoms with Crippen molar-refractivity contribution >= 4 is 43.5 Å². The zero-order valence-corrected chi connectivity index (χ0v) is 23.4. The van der Waals surface area contributed by atoms with E-state index in [0.717, 1.165) is 22.2 Å². The molecule has 1 amide bonds. The van der Waals surface area contributed by atoms with Crippen LogP contribution in [0.3, 0.4) is 0 Å². The maximum atomic E-state index is 13.2. The topological polar surface area (TPSA) is 98.0 Å². The number of piperidine rings is 1. The maximum absolute atomic E-state index is 13.2. The number of hydrogen-bond donors (Lipinski definition) is 0. The predicted octanol–water partition coefficient (Wildman–Crippen LogP) is 4.41. The Kier molecular flexibility index (Phi) is 8.01. The number of fused-ring (bicyclic) bond motifs is 1. The minimum atomic E-state index is -3.64. The van der Waals surface area contributed by atoms with E-state index in [0.29, 0.717) is 35.6 Å². The number of carbonyl (C=O) groups excluding carboxylic acids is 2. The number of hydrogen-bond acceptors (Lipinski definition) is 6. The standard InChI is InChI=1S/C27H33N3O5S2/c1-17(2)21-8-11-23-24(13-21)36-27(30(23)16-25(31)35-5)28-26(32)20-6-9-22(10-7-20)37(33,34)29-14-18(3)12-19(4)15-29/h6-11,13,17-19H,12,14-16H2,1-5H3. The van der Waals surface area contributed by atoms with Crippen LogP contribution in [0.5, 0.6) is 0 Å². The molecule has 37 heavy (non-hydrogen) atoms. The van der Waals surface area contributed by atoms with E-state index in [4.69, 9.17) is 4.74 Å². The van der Waals surface area contributed by atoms with Gasteiger partial charge in [-0.15, -0.1) is 0 Å². The van der Waals surface area contributed by atoms with Gasteiger partial charge in [0.1, 0.15) is 6.54 Å². The van der Waals surface area contributed by atoms with Crippen molar-refractivity contribution in [3.63, 3.8) is 0 Å². The van der Waals surface area contributed by atoms with Crippen molar-refractivity contribution in [3.05, 3.63) is 58.4 Å². The molecule has 0 bridgehead atoms. The molecule has 1 fully saturated rings. The highest BCUT2D eigenvalue weighted by molar-refractivity contribution is 7.89. The van der Waals surface area contributed by atoms with E-state index >= 15 is 0 Å².